The SMILES string of the molecule is CCOc1ccc(NC(=O)C(C)Sc2nnnn2-c2ccc(Br)cc2)cc1. The van der Waals surface area contributed by atoms with Gasteiger partial charge in [-0.15, -0.1) is 5.10 Å². The fraction of sp³-hybridized carbons (Fsp3) is 0.222. The number of anilines is 1. The molecule has 0 aliphatic rings. The van der Waals surface area contributed by atoms with Crippen molar-refractivity contribution in [3.05, 3.63) is 53.0 Å². The molecule has 3 aromatic rings. The minimum Gasteiger partial charge on any atom is -0.494 e. The molecule has 27 heavy (non-hydrogen) atoms. The van der Waals surface area contributed by atoms with Gasteiger partial charge in [-0.05, 0) is 72.8 Å². The van der Waals surface area contributed by atoms with Gasteiger partial charge in [-0.2, -0.15) is 4.68 Å². The van der Waals surface area contributed by atoms with Crippen LogP contribution in [-0.2, 0) is 4.79 Å². The minimum absolute atomic E-state index is 0.130. The molecule has 1 amide bonds. The smallest absolute Gasteiger partial charge is 0.237 e. The lowest BCUT2D eigenvalue weighted by atomic mass is 10.3. The summed E-state index contributed by atoms with van der Waals surface area (Å²) in [5.74, 6) is 0.640. The number of rotatable bonds is 7. The Labute approximate surface area is 169 Å². The molecular formula is C18H18BrN5O2S. The van der Waals surface area contributed by atoms with E-state index in [1.165, 1.54) is 11.8 Å². The predicted molar refractivity (Wildman–Crippen MR) is 108 cm³/mol. The standard InChI is InChI=1S/C18H18BrN5O2S/c1-3-26-16-10-6-14(7-11-16)20-17(25)12(2)27-18-21-22-23-24(18)15-8-4-13(19)5-9-15/h4-12H,3H2,1-2H3,(H,20,25). The summed E-state index contributed by atoms with van der Waals surface area (Å²) in [6, 6.07) is 14.9. The summed E-state index contributed by atoms with van der Waals surface area (Å²) in [7, 11) is 0. The summed E-state index contributed by atoms with van der Waals surface area (Å²) in [6.07, 6.45) is 0. The van der Waals surface area contributed by atoms with E-state index in [1.807, 2.05) is 62.4 Å². The Bertz CT molecular complexity index is 899. The zero-order chi connectivity index (χ0) is 19.2. The van der Waals surface area contributed by atoms with Gasteiger partial charge in [0, 0.05) is 10.2 Å². The lowest BCUT2D eigenvalue weighted by molar-refractivity contribution is -0.115. The molecule has 1 aromatic heterocycles. The highest BCUT2D eigenvalue weighted by atomic mass is 79.9. The van der Waals surface area contributed by atoms with Crippen LogP contribution in [0.25, 0.3) is 5.69 Å². The molecule has 0 aliphatic carbocycles. The Morgan fingerprint density at radius 2 is 1.93 bits per heavy atom. The van der Waals surface area contributed by atoms with Gasteiger partial charge in [0.25, 0.3) is 0 Å². The lowest BCUT2D eigenvalue weighted by Crippen LogP contribution is -2.22. The number of thioether (sulfide) groups is 1. The van der Waals surface area contributed by atoms with E-state index in [1.54, 1.807) is 4.68 Å². The fourth-order valence-corrected chi connectivity index (χ4v) is 3.33. The first-order valence-corrected chi connectivity index (χ1v) is 9.99. The molecule has 2 aromatic carbocycles. The van der Waals surface area contributed by atoms with Crippen LogP contribution in [0.5, 0.6) is 5.75 Å². The molecular weight excluding hydrogens is 430 g/mol. The third kappa shape index (κ3) is 5.08. The Kier molecular flexibility index (Phi) is 6.46. The number of carbonyl (C=O) groups is 1. The zero-order valence-corrected chi connectivity index (χ0v) is 17.2. The van der Waals surface area contributed by atoms with Crippen LogP contribution in [0.15, 0.2) is 58.2 Å². The zero-order valence-electron chi connectivity index (χ0n) is 14.8. The largest absolute Gasteiger partial charge is 0.494 e. The molecule has 140 valence electrons. The second-order valence-corrected chi connectivity index (χ2v) is 7.78. The van der Waals surface area contributed by atoms with Gasteiger partial charge in [-0.25, -0.2) is 0 Å². The summed E-state index contributed by atoms with van der Waals surface area (Å²) < 4.78 is 7.98. The summed E-state index contributed by atoms with van der Waals surface area (Å²) in [4.78, 5) is 12.5. The highest BCUT2D eigenvalue weighted by Gasteiger charge is 2.19. The molecule has 0 spiro atoms. The van der Waals surface area contributed by atoms with Crippen molar-refractivity contribution in [3.63, 3.8) is 0 Å². The number of ether oxygens (including phenoxy) is 1. The van der Waals surface area contributed by atoms with Gasteiger partial charge in [-0.1, -0.05) is 27.7 Å². The van der Waals surface area contributed by atoms with Gasteiger partial charge < -0.3 is 10.1 Å². The lowest BCUT2D eigenvalue weighted by Gasteiger charge is -2.12. The molecule has 0 fully saturated rings. The highest BCUT2D eigenvalue weighted by Crippen LogP contribution is 2.25. The molecule has 1 N–H and O–H groups in total. The van der Waals surface area contributed by atoms with Crippen LogP contribution in [0.2, 0.25) is 0 Å². The van der Waals surface area contributed by atoms with Crippen LogP contribution in [0.3, 0.4) is 0 Å². The van der Waals surface area contributed by atoms with E-state index in [-0.39, 0.29) is 11.2 Å². The number of nitrogens with one attached hydrogen (secondary N) is 1. The monoisotopic (exact) mass is 447 g/mol. The van der Waals surface area contributed by atoms with E-state index >= 15 is 0 Å². The number of tetrazole rings is 1. The number of aromatic nitrogens is 4. The molecule has 0 bridgehead atoms. The normalized spacial score (nSPS) is 11.8. The van der Waals surface area contributed by atoms with E-state index in [0.717, 1.165) is 15.9 Å². The van der Waals surface area contributed by atoms with E-state index in [2.05, 4.69) is 36.8 Å². The summed E-state index contributed by atoms with van der Waals surface area (Å²) in [6.45, 7) is 4.35. The minimum atomic E-state index is -0.378. The van der Waals surface area contributed by atoms with Gasteiger partial charge in [0.2, 0.25) is 11.1 Å². The molecule has 0 saturated heterocycles. The number of amides is 1. The van der Waals surface area contributed by atoms with Crippen LogP contribution in [0, 0.1) is 0 Å². The maximum atomic E-state index is 12.5. The summed E-state index contributed by atoms with van der Waals surface area (Å²) >= 11 is 4.70. The van der Waals surface area contributed by atoms with Gasteiger partial charge in [0.05, 0.1) is 17.5 Å². The van der Waals surface area contributed by atoms with E-state index < -0.39 is 0 Å². The summed E-state index contributed by atoms with van der Waals surface area (Å²) in [5, 5.41) is 14.8. The molecule has 1 unspecified atom stereocenters. The summed E-state index contributed by atoms with van der Waals surface area (Å²) in [5.41, 5.74) is 1.54. The van der Waals surface area contributed by atoms with E-state index in [9.17, 15) is 4.79 Å². The average molecular weight is 448 g/mol. The fourth-order valence-electron chi connectivity index (χ4n) is 2.25. The number of halogens is 1. The third-order valence-corrected chi connectivity index (χ3v) is 5.16. The van der Waals surface area contributed by atoms with Crippen molar-refractivity contribution < 1.29 is 9.53 Å². The third-order valence-electron chi connectivity index (χ3n) is 3.60. The number of carbonyl (C=O) groups excluding carboxylic acids is 1. The second kappa shape index (κ2) is 9.01. The van der Waals surface area contributed by atoms with Gasteiger partial charge in [-0.3, -0.25) is 4.79 Å². The quantitative estimate of drug-likeness (QED) is 0.552. The molecule has 3 rings (SSSR count). The topological polar surface area (TPSA) is 81.9 Å². The van der Waals surface area contributed by atoms with Gasteiger partial charge >= 0.3 is 0 Å². The van der Waals surface area contributed by atoms with Crippen molar-refractivity contribution in [2.24, 2.45) is 0 Å². The van der Waals surface area contributed by atoms with Gasteiger partial charge in [0.1, 0.15) is 5.75 Å². The first-order valence-electron chi connectivity index (χ1n) is 8.31. The highest BCUT2D eigenvalue weighted by molar-refractivity contribution is 9.10. The van der Waals surface area contributed by atoms with Crippen LogP contribution in [0.1, 0.15) is 13.8 Å². The maximum absolute atomic E-state index is 12.5. The maximum Gasteiger partial charge on any atom is 0.237 e. The molecule has 0 radical (unpaired) electrons. The molecule has 1 heterocycles. The first kappa shape index (κ1) is 19.4. The number of hydrogen-bond donors (Lipinski definition) is 1. The van der Waals surface area contributed by atoms with Crippen molar-refractivity contribution in [1.29, 1.82) is 0 Å². The molecule has 0 aliphatic heterocycles. The Balaban J connectivity index is 1.65. The molecule has 7 nitrogen and oxygen atoms in total. The molecule has 9 heteroatoms. The average Bonchev–Trinajstić information content (AvgIpc) is 3.12. The van der Waals surface area contributed by atoms with Gasteiger partial charge in [0.15, 0.2) is 0 Å². The van der Waals surface area contributed by atoms with Crippen molar-refractivity contribution in [3.8, 4) is 11.4 Å². The predicted octanol–water partition coefficient (Wildman–Crippen LogP) is 3.94. The van der Waals surface area contributed by atoms with E-state index in [0.29, 0.717) is 17.5 Å². The Hall–Kier alpha value is -2.39. The van der Waals surface area contributed by atoms with Crippen molar-refractivity contribution in [2.75, 3.05) is 11.9 Å². The number of benzene rings is 2. The van der Waals surface area contributed by atoms with E-state index in [4.69, 9.17) is 4.74 Å². The molecule has 1 atom stereocenters. The number of hydrogen-bond acceptors (Lipinski definition) is 6. The van der Waals surface area contributed by atoms with Crippen LogP contribution in [-0.4, -0.2) is 38.0 Å². The number of nitrogens with zero attached hydrogens (tertiary/aromatic N) is 4. The van der Waals surface area contributed by atoms with Crippen molar-refractivity contribution in [2.45, 2.75) is 24.3 Å². The van der Waals surface area contributed by atoms with Crippen LogP contribution < -0.4 is 10.1 Å². The second-order valence-electron chi connectivity index (χ2n) is 5.56. The molecule has 0 saturated carbocycles. The Morgan fingerprint density at radius 3 is 2.59 bits per heavy atom. The first-order chi connectivity index (χ1) is 13.1. The Morgan fingerprint density at radius 1 is 1.22 bits per heavy atom. The van der Waals surface area contributed by atoms with Crippen molar-refractivity contribution in [1.82, 2.24) is 20.2 Å². The van der Waals surface area contributed by atoms with Crippen LogP contribution >= 0.6 is 27.7 Å². The van der Waals surface area contributed by atoms with Crippen molar-refractivity contribution >= 4 is 39.3 Å². The van der Waals surface area contributed by atoms with Crippen LogP contribution in [0.4, 0.5) is 5.69 Å².